The zero-order valence-corrected chi connectivity index (χ0v) is 11.9. The van der Waals surface area contributed by atoms with Crippen LogP contribution in [0.5, 0.6) is 0 Å². The van der Waals surface area contributed by atoms with Gasteiger partial charge in [-0.3, -0.25) is 4.79 Å². The number of hydrogen-bond donors (Lipinski definition) is 2. The maximum Gasteiger partial charge on any atom is 0.239 e. The van der Waals surface area contributed by atoms with E-state index in [0.29, 0.717) is 28.6 Å². The van der Waals surface area contributed by atoms with Gasteiger partial charge in [-0.05, 0) is 55.7 Å². The molecule has 0 aliphatic heterocycles. The highest BCUT2D eigenvalue weighted by Gasteiger charge is 2.42. The first-order valence-electron chi connectivity index (χ1n) is 7.12. The summed E-state index contributed by atoms with van der Waals surface area (Å²) in [4.78, 5) is 11.9. The van der Waals surface area contributed by atoms with Crippen LogP contribution in [0.15, 0.2) is 18.2 Å². The summed E-state index contributed by atoms with van der Waals surface area (Å²) in [5.74, 6) is 0.826. The number of carbonyl (C=O) groups excluding carboxylic acids is 1. The minimum Gasteiger partial charge on any atom is -0.374 e. The fraction of sp³-hybridized carbons (Fsp3) is 0.533. The summed E-state index contributed by atoms with van der Waals surface area (Å²) in [5.41, 5.74) is 0.305. The van der Waals surface area contributed by atoms with Gasteiger partial charge in [-0.2, -0.15) is 0 Å². The van der Waals surface area contributed by atoms with E-state index in [1.165, 1.54) is 31.7 Å². The lowest BCUT2D eigenvalue weighted by molar-refractivity contribution is -0.120. The van der Waals surface area contributed by atoms with Gasteiger partial charge in [0.05, 0.1) is 12.2 Å². The second kappa shape index (κ2) is 5.60. The summed E-state index contributed by atoms with van der Waals surface area (Å²) >= 11 is 5.68. The fourth-order valence-corrected chi connectivity index (χ4v) is 2.74. The molecule has 2 aliphatic rings. The van der Waals surface area contributed by atoms with Gasteiger partial charge in [0.2, 0.25) is 5.91 Å². The van der Waals surface area contributed by atoms with E-state index in [4.69, 9.17) is 11.6 Å². The SMILES string of the molecule is O=C(CNc1ccc(Cl)cc1F)NC(C1CC1)C1CC1. The molecule has 20 heavy (non-hydrogen) atoms. The molecule has 0 bridgehead atoms. The van der Waals surface area contributed by atoms with Crippen molar-refractivity contribution in [1.82, 2.24) is 5.32 Å². The van der Waals surface area contributed by atoms with Gasteiger partial charge in [0.15, 0.2) is 0 Å². The van der Waals surface area contributed by atoms with Crippen LogP contribution in [0.2, 0.25) is 5.02 Å². The molecule has 2 fully saturated rings. The van der Waals surface area contributed by atoms with Crippen LogP contribution in [-0.4, -0.2) is 18.5 Å². The minimum atomic E-state index is -0.439. The number of hydrogen-bond acceptors (Lipinski definition) is 2. The Morgan fingerprint density at radius 2 is 1.95 bits per heavy atom. The Morgan fingerprint density at radius 3 is 2.50 bits per heavy atom. The molecule has 3 rings (SSSR count). The normalized spacial score (nSPS) is 18.1. The van der Waals surface area contributed by atoms with Crippen molar-refractivity contribution in [3.8, 4) is 0 Å². The molecule has 108 valence electrons. The standard InChI is InChI=1S/C15H18ClFN2O/c16-11-5-6-13(12(17)7-11)18-8-14(20)19-15(9-1-2-9)10-3-4-10/h5-7,9-10,15,18H,1-4,8H2,(H,19,20). The van der Waals surface area contributed by atoms with Gasteiger partial charge < -0.3 is 10.6 Å². The Morgan fingerprint density at radius 1 is 1.30 bits per heavy atom. The number of carbonyl (C=O) groups is 1. The molecule has 0 aromatic heterocycles. The van der Waals surface area contributed by atoms with Crippen molar-refractivity contribution in [3.05, 3.63) is 29.0 Å². The molecular formula is C15H18ClFN2O. The Hall–Kier alpha value is -1.29. The molecule has 2 N–H and O–H groups in total. The Kier molecular flexibility index (Phi) is 3.83. The lowest BCUT2D eigenvalue weighted by Crippen LogP contribution is -2.41. The van der Waals surface area contributed by atoms with Crippen molar-refractivity contribution in [2.45, 2.75) is 31.7 Å². The highest BCUT2D eigenvalue weighted by Crippen LogP contribution is 2.44. The van der Waals surface area contributed by atoms with Crippen molar-refractivity contribution in [2.24, 2.45) is 11.8 Å². The second-order valence-corrected chi connectivity index (χ2v) is 6.18. The summed E-state index contributed by atoms with van der Waals surface area (Å²) in [6.07, 6.45) is 4.89. The molecule has 1 amide bonds. The molecule has 1 aromatic carbocycles. The van der Waals surface area contributed by atoms with Crippen LogP contribution in [-0.2, 0) is 4.79 Å². The third-order valence-corrected chi connectivity index (χ3v) is 4.19. The lowest BCUT2D eigenvalue weighted by Gasteiger charge is -2.18. The molecule has 0 unspecified atom stereocenters. The van der Waals surface area contributed by atoms with Gasteiger partial charge in [-0.25, -0.2) is 4.39 Å². The second-order valence-electron chi connectivity index (χ2n) is 5.75. The quantitative estimate of drug-likeness (QED) is 0.846. The van der Waals surface area contributed by atoms with E-state index in [1.807, 2.05) is 0 Å². The van der Waals surface area contributed by atoms with Crippen LogP contribution in [0.3, 0.4) is 0 Å². The Bertz CT molecular complexity index is 503. The summed E-state index contributed by atoms with van der Waals surface area (Å²) in [5, 5.41) is 6.26. The third kappa shape index (κ3) is 3.42. The lowest BCUT2D eigenvalue weighted by atomic mass is 10.1. The van der Waals surface area contributed by atoms with Gasteiger partial charge in [0.1, 0.15) is 5.82 Å². The molecule has 0 atom stereocenters. The van der Waals surface area contributed by atoms with E-state index in [2.05, 4.69) is 10.6 Å². The largest absolute Gasteiger partial charge is 0.374 e. The predicted molar refractivity (Wildman–Crippen MR) is 77.3 cm³/mol. The van der Waals surface area contributed by atoms with E-state index >= 15 is 0 Å². The first kappa shape index (κ1) is 13.7. The highest BCUT2D eigenvalue weighted by molar-refractivity contribution is 6.30. The first-order valence-corrected chi connectivity index (χ1v) is 7.49. The highest BCUT2D eigenvalue weighted by atomic mass is 35.5. The van der Waals surface area contributed by atoms with Crippen LogP contribution < -0.4 is 10.6 Å². The van der Waals surface area contributed by atoms with Gasteiger partial charge in [0, 0.05) is 11.1 Å². The zero-order valence-electron chi connectivity index (χ0n) is 11.2. The average Bonchev–Trinajstić information content (AvgIpc) is 3.28. The molecule has 0 spiro atoms. The molecule has 2 saturated carbocycles. The van der Waals surface area contributed by atoms with Crippen molar-refractivity contribution >= 4 is 23.2 Å². The van der Waals surface area contributed by atoms with Crippen molar-refractivity contribution in [2.75, 3.05) is 11.9 Å². The van der Waals surface area contributed by atoms with Crippen molar-refractivity contribution < 1.29 is 9.18 Å². The topological polar surface area (TPSA) is 41.1 Å². The Balaban J connectivity index is 1.51. The van der Waals surface area contributed by atoms with E-state index in [9.17, 15) is 9.18 Å². The number of benzene rings is 1. The monoisotopic (exact) mass is 296 g/mol. The number of amides is 1. The van der Waals surface area contributed by atoms with Crippen LogP contribution in [0.25, 0.3) is 0 Å². The van der Waals surface area contributed by atoms with Crippen LogP contribution in [0.1, 0.15) is 25.7 Å². The van der Waals surface area contributed by atoms with Gasteiger partial charge in [0.25, 0.3) is 0 Å². The minimum absolute atomic E-state index is 0.0665. The summed E-state index contributed by atoms with van der Waals surface area (Å²) < 4.78 is 13.6. The molecule has 0 radical (unpaired) electrons. The van der Waals surface area contributed by atoms with Crippen LogP contribution in [0.4, 0.5) is 10.1 Å². The van der Waals surface area contributed by atoms with E-state index < -0.39 is 5.82 Å². The van der Waals surface area contributed by atoms with E-state index in [1.54, 1.807) is 12.1 Å². The van der Waals surface area contributed by atoms with E-state index in [-0.39, 0.29) is 12.5 Å². The number of anilines is 1. The predicted octanol–water partition coefficient (Wildman–Crippen LogP) is 3.20. The van der Waals surface area contributed by atoms with E-state index in [0.717, 1.165) is 0 Å². The molecule has 0 heterocycles. The maximum absolute atomic E-state index is 13.6. The molecule has 2 aliphatic carbocycles. The van der Waals surface area contributed by atoms with Gasteiger partial charge in [-0.15, -0.1) is 0 Å². The first-order chi connectivity index (χ1) is 9.63. The summed E-state index contributed by atoms with van der Waals surface area (Å²) in [6, 6.07) is 4.71. The van der Waals surface area contributed by atoms with Crippen molar-refractivity contribution in [1.29, 1.82) is 0 Å². The molecule has 5 heteroatoms. The van der Waals surface area contributed by atoms with Gasteiger partial charge >= 0.3 is 0 Å². The third-order valence-electron chi connectivity index (χ3n) is 3.96. The van der Waals surface area contributed by atoms with Crippen LogP contribution in [0, 0.1) is 17.7 Å². The Labute approximate surface area is 122 Å². The van der Waals surface area contributed by atoms with Crippen molar-refractivity contribution in [3.63, 3.8) is 0 Å². The number of nitrogens with one attached hydrogen (secondary N) is 2. The fourth-order valence-electron chi connectivity index (χ4n) is 2.58. The summed E-state index contributed by atoms with van der Waals surface area (Å²) in [7, 11) is 0. The maximum atomic E-state index is 13.6. The zero-order chi connectivity index (χ0) is 14.1. The number of halogens is 2. The molecular weight excluding hydrogens is 279 g/mol. The molecule has 3 nitrogen and oxygen atoms in total. The molecule has 1 aromatic rings. The molecule has 0 saturated heterocycles. The summed E-state index contributed by atoms with van der Waals surface area (Å²) in [6.45, 7) is 0.0918. The van der Waals surface area contributed by atoms with Gasteiger partial charge in [-0.1, -0.05) is 11.6 Å². The number of rotatable bonds is 6. The smallest absolute Gasteiger partial charge is 0.239 e. The average molecular weight is 297 g/mol. The van der Waals surface area contributed by atoms with Crippen LogP contribution >= 0.6 is 11.6 Å².